The first-order chi connectivity index (χ1) is 12.2. The number of hydrogen-bond acceptors (Lipinski definition) is 2. The molecule has 1 amide bonds. The molecule has 3 heteroatoms. The summed E-state index contributed by atoms with van der Waals surface area (Å²) in [6.07, 6.45) is 0.865. The van der Waals surface area contributed by atoms with Gasteiger partial charge in [0.15, 0.2) is 0 Å². The van der Waals surface area contributed by atoms with Crippen LogP contribution in [0.5, 0.6) is 5.75 Å². The Kier molecular flexibility index (Phi) is 4.60. The van der Waals surface area contributed by atoms with E-state index in [0.717, 1.165) is 6.42 Å². The standard InChI is InChI=1S/C23H29NO2/c1-6-24(21(26)16-11-13-18(25)14-12-16)20-15-17-9-7-8-10-19(17)22(2,3)23(20,4)5/h7-14,20,25H,6,15H2,1-5H3/t20-/m1/s1. The zero-order valence-corrected chi connectivity index (χ0v) is 16.4. The first kappa shape index (κ1) is 18.5. The van der Waals surface area contributed by atoms with Crippen molar-refractivity contribution >= 4 is 5.91 Å². The molecule has 2 aromatic rings. The van der Waals surface area contributed by atoms with E-state index in [1.165, 1.54) is 11.1 Å². The fraction of sp³-hybridized carbons (Fsp3) is 0.435. The molecule has 0 aromatic heterocycles. The zero-order valence-electron chi connectivity index (χ0n) is 16.4. The van der Waals surface area contributed by atoms with Crippen LogP contribution in [0.1, 0.15) is 56.1 Å². The highest BCUT2D eigenvalue weighted by Crippen LogP contribution is 2.51. The van der Waals surface area contributed by atoms with E-state index in [-0.39, 0.29) is 28.5 Å². The fourth-order valence-corrected chi connectivity index (χ4v) is 4.31. The van der Waals surface area contributed by atoms with E-state index in [1.54, 1.807) is 24.3 Å². The summed E-state index contributed by atoms with van der Waals surface area (Å²) >= 11 is 0. The maximum absolute atomic E-state index is 13.2. The molecule has 0 saturated heterocycles. The fourth-order valence-electron chi connectivity index (χ4n) is 4.31. The van der Waals surface area contributed by atoms with E-state index in [1.807, 2.05) is 11.8 Å². The van der Waals surface area contributed by atoms with Gasteiger partial charge in [-0.05, 0) is 59.6 Å². The number of amides is 1. The predicted octanol–water partition coefficient (Wildman–Crippen LogP) is 4.78. The summed E-state index contributed by atoms with van der Waals surface area (Å²) in [5, 5.41) is 9.52. The van der Waals surface area contributed by atoms with Gasteiger partial charge in [-0.15, -0.1) is 0 Å². The van der Waals surface area contributed by atoms with Crippen LogP contribution in [0.3, 0.4) is 0 Å². The van der Waals surface area contributed by atoms with Crippen LogP contribution < -0.4 is 0 Å². The topological polar surface area (TPSA) is 40.5 Å². The van der Waals surface area contributed by atoms with E-state index < -0.39 is 0 Å². The van der Waals surface area contributed by atoms with Crippen LogP contribution in [-0.2, 0) is 11.8 Å². The van der Waals surface area contributed by atoms with Crippen LogP contribution in [0.4, 0.5) is 0 Å². The van der Waals surface area contributed by atoms with E-state index >= 15 is 0 Å². The van der Waals surface area contributed by atoms with Gasteiger partial charge in [-0.1, -0.05) is 52.0 Å². The lowest BCUT2D eigenvalue weighted by atomic mass is 9.55. The van der Waals surface area contributed by atoms with Gasteiger partial charge in [0.05, 0.1) is 0 Å². The van der Waals surface area contributed by atoms with Crippen molar-refractivity contribution in [3.63, 3.8) is 0 Å². The number of fused-ring (bicyclic) bond motifs is 1. The van der Waals surface area contributed by atoms with E-state index in [0.29, 0.717) is 12.1 Å². The number of carbonyl (C=O) groups is 1. The molecule has 3 nitrogen and oxygen atoms in total. The van der Waals surface area contributed by atoms with Crippen molar-refractivity contribution in [3.8, 4) is 5.75 Å². The molecule has 0 heterocycles. The Morgan fingerprint density at radius 1 is 1.08 bits per heavy atom. The van der Waals surface area contributed by atoms with Gasteiger partial charge in [-0.25, -0.2) is 0 Å². The molecule has 1 atom stereocenters. The minimum absolute atomic E-state index is 0.0285. The third kappa shape index (κ3) is 2.80. The summed E-state index contributed by atoms with van der Waals surface area (Å²) in [4.78, 5) is 15.2. The lowest BCUT2D eigenvalue weighted by molar-refractivity contribution is 0.0215. The normalized spacial score (nSPS) is 20.3. The van der Waals surface area contributed by atoms with Crippen molar-refractivity contribution in [3.05, 3.63) is 65.2 Å². The summed E-state index contributed by atoms with van der Waals surface area (Å²) in [7, 11) is 0. The lowest BCUT2D eigenvalue weighted by Crippen LogP contribution is -2.58. The van der Waals surface area contributed by atoms with Gasteiger partial charge in [-0.3, -0.25) is 4.79 Å². The monoisotopic (exact) mass is 351 g/mol. The van der Waals surface area contributed by atoms with E-state index in [2.05, 4.69) is 52.0 Å². The number of aromatic hydroxyl groups is 1. The second-order valence-electron chi connectivity index (χ2n) is 8.36. The quantitative estimate of drug-likeness (QED) is 0.864. The molecule has 26 heavy (non-hydrogen) atoms. The maximum Gasteiger partial charge on any atom is 0.254 e. The van der Waals surface area contributed by atoms with Crippen molar-refractivity contribution < 1.29 is 9.90 Å². The first-order valence-corrected chi connectivity index (χ1v) is 9.38. The molecule has 2 aromatic carbocycles. The van der Waals surface area contributed by atoms with Gasteiger partial charge in [0, 0.05) is 18.2 Å². The minimum Gasteiger partial charge on any atom is -0.508 e. The SMILES string of the molecule is CCN(C(=O)c1ccc(O)cc1)[C@@H]1Cc2ccccc2C(C)(C)C1(C)C. The highest BCUT2D eigenvalue weighted by atomic mass is 16.3. The van der Waals surface area contributed by atoms with Gasteiger partial charge < -0.3 is 10.0 Å². The highest BCUT2D eigenvalue weighted by Gasteiger charge is 2.51. The number of likely N-dealkylation sites (N-methyl/N-ethyl adjacent to an activating group) is 1. The Balaban J connectivity index is 2.03. The van der Waals surface area contributed by atoms with Gasteiger partial charge in [0.25, 0.3) is 5.91 Å². The Morgan fingerprint density at radius 2 is 1.69 bits per heavy atom. The van der Waals surface area contributed by atoms with Crippen molar-refractivity contribution in [2.45, 2.75) is 52.5 Å². The molecule has 0 spiro atoms. The first-order valence-electron chi connectivity index (χ1n) is 9.38. The average molecular weight is 351 g/mol. The van der Waals surface area contributed by atoms with Crippen LogP contribution >= 0.6 is 0 Å². The predicted molar refractivity (Wildman–Crippen MR) is 106 cm³/mol. The van der Waals surface area contributed by atoms with Crippen molar-refractivity contribution in [2.24, 2.45) is 5.41 Å². The molecule has 0 fully saturated rings. The Labute approximate surface area is 156 Å². The Morgan fingerprint density at radius 3 is 2.31 bits per heavy atom. The molecule has 138 valence electrons. The molecule has 0 unspecified atom stereocenters. The largest absolute Gasteiger partial charge is 0.508 e. The van der Waals surface area contributed by atoms with Gasteiger partial charge in [0.1, 0.15) is 5.75 Å². The molecule has 0 saturated carbocycles. The molecule has 0 bridgehead atoms. The summed E-state index contributed by atoms with van der Waals surface area (Å²) in [5.41, 5.74) is 3.21. The third-order valence-corrected chi connectivity index (χ3v) is 6.64. The second-order valence-corrected chi connectivity index (χ2v) is 8.36. The number of nitrogens with zero attached hydrogens (tertiary/aromatic N) is 1. The van der Waals surface area contributed by atoms with Crippen LogP contribution in [0.25, 0.3) is 0 Å². The maximum atomic E-state index is 13.2. The second kappa shape index (κ2) is 6.46. The zero-order chi connectivity index (χ0) is 19.1. The number of rotatable bonds is 3. The number of benzene rings is 2. The lowest BCUT2D eigenvalue weighted by Gasteiger charge is -2.55. The molecule has 0 aliphatic heterocycles. The van der Waals surface area contributed by atoms with Gasteiger partial charge in [0.2, 0.25) is 0 Å². The summed E-state index contributed by atoms with van der Waals surface area (Å²) < 4.78 is 0. The summed E-state index contributed by atoms with van der Waals surface area (Å²) in [6.45, 7) is 11.8. The van der Waals surface area contributed by atoms with E-state index in [9.17, 15) is 9.90 Å². The number of hydrogen-bond donors (Lipinski definition) is 1. The van der Waals surface area contributed by atoms with Crippen molar-refractivity contribution in [1.82, 2.24) is 4.90 Å². The number of phenolic OH excluding ortho intramolecular Hbond substituents is 1. The average Bonchev–Trinajstić information content (AvgIpc) is 2.61. The number of phenols is 1. The molecular weight excluding hydrogens is 322 g/mol. The Hall–Kier alpha value is -2.29. The molecular formula is C23H29NO2. The molecule has 1 aliphatic carbocycles. The smallest absolute Gasteiger partial charge is 0.254 e. The summed E-state index contributed by atoms with van der Waals surface area (Å²) in [5.74, 6) is 0.207. The molecule has 1 N–H and O–H groups in total. The molecule has 1 aliphatic rings. The van der Waals surface area contributed by atoms with Crippen LogP contribution in [0.15, 0.2) is 48.5 Å². The van der Waals surface area contributed by atoms with Crippen molar-refractivity contribution in [1.29, 1.82) is 0 Å². The van der Waals surface area contributed by atoms with Crippen LogP contribution in [0, 0.1) is 5.41 Å². The molecule has 3 rings (SSSR count). The van der Waals surface area contributed by atoms with Crippen LogP contribution in [-0.4, -0.2) is 28.5 Å². The van der Waals surface area contributed by atoms with Crippen LogP contribution in [0.2, 0.25) is 0 Å². The minimum atomic E-state index is -0.0794. The van der Waals surface area contributed by atoms with E-state index in [4.69, 9.17) is 0 Å². The van der Waals surface area contributed by atoms with Gasteiger partial charge in [-0.2, -0.15) is 0 Å². The van der Waals surface area contributed by atoms with Gasteiger partial charge >= 0.3 is 0 Å². The summed E-state index contributed by atoms with van der Waals surface area (Å²) in [6, 6.07) is 15.3. The third-order valence-electron chi connectivity index (χ3n) is 6.64. The van der Waals surface area contributed by atoms with Crippen molar-refractivity contribution in [2.75, 3.05) is 6.54 Å². The highest BCUT2D eigenvalue weighted by molar-refractivity contribution is 5.94. The Bertz CT molecular complexity index is 805. The number of carbonyl (C=O) groups excluding carboxylic acids is 1. The molecule has 0 radical (unpaired) electrons.